The first-order valence-corrected chi connectivity index (χ1v) is 10.7. The van der Waals surface area contributed by atoms with E-state index in [1.54, 1.807) is 0 Å². The summed E-state index contributed by atoms with van der Waals surface area (Å²) in [5.74, 6) is -1.27. The minimum atomic E-state index is -0.945. The van der Waals surface area contributed by atoms with E-state index in [9.17, 15) is 8.78 Å². The third kappa shape index (κ3) is 4.35. The van der Waals surface area contributed by atoms with Gasteiger partial charge < -0.3 is 10.1 Å². The van der Waals surface area contributed by atoms with Crippen LogP contribution < -0.4 is 5.32 Å². The Hall–Kier alpha value is -2.91. The van der Waals surface area contributed by atoms with Crippen LogP contribution in [0, 0.1) is 18.6 Å². The standard InChI is InChI=1S/C23H24F3N5O/c1-14-4-15(21-2-3-30(10-22(21)26)20-11-32-12-20)6-18(5-14)28-23-27-13-31(29-23)19-8-16(24)7-17(25)9-19/h4-9,13,20-22H,2-3,10-12H2,1H3,(H,28,29)/t21-,22?/m1/s1. The highest BCUT2D eigenvalue weighted by Gasteiger charge is 2.36. The highest BCUT2D eigenvalue weighted by Crippen LogP contribution is 2.34. The predicted octanol–water partition coefficient (Wildman–Crippen LogP) is 4.12. The van der Waals surface area contributed by atoms with Gasteiger partial charge in [-0.2, -0.15) is 4.98 Å². The van der Waals surface area contributed by atoms with Crippen molar-refractivity contribution in [2.24, 2.45) is 0 Å². The molecule has 0 bridgehead atoms. The number of halogens is 3. The van der Waals surface area contributed by atoms with Crippen LogP contribution in [-0.2, 0) is 4.74 Å². The third-order valence-electron chi connectivity index (χ3n) is 6.10. The molecule has 5 rings (SSSR count). The summed E-state index contributed by atoms with van der Waals surface area (Å²) >= 11 is 0. The van der Waals surface area contributed by atoms with E-state index in [0.29, 0.717) is 25.8 Å². The predicted molar refractivity (Wildman–Crippen MR) is 114 cm³/mol. The number of rotatable bonds is 5. The van der Waals surface area contributed by atoms with E-state index in [0.717, 1.165) is 35.8 Å². The average molecular weight is 443 g/mol. The van der Waals surface area contributed by atoms with Crippen LogP contribution >= 0.6 is 0 Å². The molecule has 2 saturated heterocycles. The SMILES string of the molecule is Cc1cc(Nc2ncn(-c3cc(F)cc(F)c3)n2)cc([C@H]2CCN(C3COC3)CC2F)c1. The Morgan fingerprint density at radius 2 is 1.84 bits per heavy atom. The number of alkyl halides is 1. The monoisotopic (exact) mass is 443 g/mol. The van der Waals surface area contributed by atoms with Crippen LogP contribution in [0.3, 0.4) is 0 Å². The molecule has 9 heteroatoms. The Balaban J connectivity index is 1.32. The molecule has 0 radical (unpaired) electrons. The van der Waals surface area contributed by atoms with Crippen LogP contribution in [0.2, 0.25) is 0 Å². The topological polar surface area (TPSA) is 55.2 Å². The zero-order chi connectivity index (χ0) is 22.2. The normalized spacial score (nSPS) is 22.0. The number of piperidine rings is 1. The number of aryl methyl sites for hydroxylation is 1. The molecule has 2 aliphatic rings. The largest absolute Gasteiger partial charge is 0.378 e. The lowest BCUT2D eigenvalue weighted by Gasteiger charge is -2.43. The quantitative estimate of drug-likeness (QED) is 0.643. The molecule has 0 spiro atoms. The zero-order valence-corrected chi connectivity index (χ0v) is 17.6. The fourth-order valence-electron chi connectivity index (χ4n) is 4.41. The van der Waals surface area contributed by atoms with Gasteiger partial charge in [-0.25, -0.2) is 17.9 Å². The molecule has 3 aromatic rings. The molecule has 6 nitrogen and oxygen atoms in total. The van der Waals surface area contributed by atoms with E-state index in [4.69, 9.17) is 4.74 Å². The summed E-state index contributed by atoms with van der Waals surface area (Å²) in [5.41, 5.74) is 2.91. The van der Waals surface area contributed by atoms with Gasteiger partial charge in [-0.3, -0.25) is 4.90 Å². The lowest BCUT2D eigenvalue weighted by Crippen LogP contribution is -2.54. The summed E-state index contributed by atoms with van der Waals surface area (Å²) in [4.78, 5) is 6.37. The van der Waals surface area contributed by atoms with Crippen LogP contribution in [-0.4, -0.2) is 58.2 Å². The zero-order valence-electron chi connectivity index (χ0n) is 17.6. The van der Waals surface area contributed by atoms with Crippen molar-refractivity contribution in [1.29, 1.82) is 0 Å². The molecule has 0 saturated carbocycles. The Kier molecular flexibility index (Phi) is 5.60. The van der Waals surface area contributed by atoms with Gasteiger partial charge in [-0.15, -0.1) is 5.10 Å². The molecule has 0 amide bonds. The summed E-state index contributed by atoms with van der Waals surface area (Å²) in [6.07, 6.45) is 1.18. The van der Waals surface area contributed by atoms with Gasteiger partial charge in [0.25, 0.3) is 0 Å². The molecule has 3 heterocycles. The summed E-state index contributed by atoms with van der Waals surface area (Å²) in [6, 6.07) is 9.38. The molecule has 2 aliphatic heterocycles. The van der Waals surface area contributed by atoms with Gasteiger partial charge in [0.15, 0.2) is 0 Å². The Bertz CT molecular complexity index is 1100. The number of nitrogens with zero attached hydrogens (tertiary/aromatic N) is 4. The third-order valence-corrected chi connectivity index (χ3v) is 6.10. The first kappa shape index (κ1) is 21.0. The molecule has 2 fully saturated rings. The average Bonchev–Trinajstić information content (AvgIpc) is 3.14. The van der Waals surface area contributed by atoms with Crippen molar-refractivity contribution in [3.8, 4) is 5.69 Å². The number of hydrogen-bond acceptors (Lipinski definition) is 5. The van der Waals surface area contributed by atoms with Crippen molar-refractivity contribution < 1.29 is 17.9 Å². The van der Waals surface area contributed by atoms with Crippen LogP contribution in [0.25, 0.3) is 5.69 Å². The van der Waals surface area contributed by atoms with Crippen molar-refractivity contribution in [2.45, 2.75) is 31.5 Å². The first-order valence-electron chi connectivity index (χ1n) is 10.7. The fraction of sp³-hybridized carbons (Fsp3) is 0.391. The minimum Gasteiger partial charge on any atom is -0.378 e. The molecular formula is C23H24F3N5O. The van der Waals surface area contributed by atoms with Crippen molar-refractivity contribution >= 4 is 11.6 Å². The van der Waals surface area contributed by atoms with Crippen LogP contribution in [0.5, 0.6) is 0 Å². The lowest BCUT2D eigenvalue weighted by molar-refractivity contribution is -0.0806. The highest BCUT2D eigenvalue weighted by molar-refractivity contribution is 5.56. The van der Waals surface area contributed by atoms with E-state index < -0.39 is 17.8 Å². The van der Waals surface area contributed by atoms with Gasteiger partial charge in [-0.05, 0) is 55.3 Å². The van der Waals surface area contributed by atoms with E-state index >= 15 is 4.39 Å². The van der Waals surface area contributed by atoms with Crippen molar-refractivity contribution in [3.05, 3.63) is 65.5 Å². The van der Waals surface area contributed by atoms with Gasteiger partial charge in [0.2, 0.25) is 5.95 Å². The number of likely N-dealkylation sites (tertiary alicyclic amines) is 1. The number of hydrogen-bond donors (Lipinski definition) is 1. The number of ether oxygens (including phenoxy) is 1. The summed E-state index contributed by atoms with van der Waals surface area (Å²) in [5, 5.41) is 7.38. The van der Waals surface area contributed by atoms with Crippen LogP contribution in [0.15, 0.2) is 42.7 Å². The molecular weight excluding hydrogens is 419 g/mol. The van der Waals surface area contributed by atoms with Gasteiger partial charge in [0.1, 0.15) is 24.1 Å². The second-order valence-corrected chi connectivity index (χ2v) is 8.50. The van der Waals surface area contributed by atoms with Crippen LogP contribution in [0.1, 0.15) is 23.5 Å². The smallest absolute Gasteiger partial charge is 0.246 e. The Morgan fingerprint density at radius 3 is 2.53 bits per heavy atom. The summed E-state index contributed by atoms with van der Waals surface area (Å²) in [6.45, 7) is 4.62. The van der Waals surface area contributed by atoms with Crippen molar-refractivity contribution in [1.82, 2.24) is 19.7 Å². The molecule has 2 aromatic carbocycles. The first-order chi connectivity index (χ1) is 15.4. The van der Waals surface area contributed by atoms with E-state index in [2.05, 4.69) is 20.3 Å². The summed E-state index contributed by atoms with van der Waals surface area (Å²) < 4.78 is 48.6. The number of benzene rings is 2. The fourth-order valence-corrected chi connectivity index (χ4v) is 4.41. The number of aromatic nitrogens is 3. The van der Waals surface area contributed by atoms with Gasteiger partial charge >= 0.3 is 0 Å². The second-order valence-electron chi connectivity index (χ2n) is 8.50. The lowest BCUT2D eigenvalue weighted by atomic mass is 9.86. The van der Waals surface area contributed by atoms with Crippen molar-refractivity contribution in [3.63, 3.8) is 0 Å². The van der Waals surface area contributed by atoms with E-state index in [-0.39, 0.29) is 17.6 Å². The minimum absolute atomic E-state index is 0.173. The molecule has 32 heavy (non-hydrogen) atoms. The van der Waals surface area contributed by atoms with E-state index in [1.165, 1.54) is 23.1 Å². The highest BCUT2D eigenvalue weighted by atomic mass is 19.1. The number of anilines is 2. The van der Waals surface area contributed by atoms with Gasteiger partial charge in [-0.1, -0.05) is 6.07 Å². The van der Waals surface area contributed by atoms with Crippen LogP contribution in [0.4, 0.5) is 24.8 Å². The van der Waals surface area contributed by atoms with Gasteiger partial charge in [0.05, 0.1) is 24.9 Å². The molecule has 1 N–H and O–H groups in total. The molecule has 2 atom stereocenters. The maximum absolute atomic E-state index is 15.1. The Morgan fingerprint density at radius 1 is 1.06 bits per heavy atom. The maximum atomic E-state index is 15.1. The molecule has 0 aliphatic carbocycles. The summed E-state index contributed by atoms with van der Waals surface area (Å²) in [7, 11) is 0. The van der Waals surface area contributed by atoms with Crippen molar-refractivity contribution in [2.75, 3.05) is 31.6 Å². The molecule has 168 valence electrons. The van der Waals surface area contributed by atoms with E-state index in [1.807, 2.05) is 25.1 Å². The molecule has 1 unspecified atom stereocenters. The molecule has 1 aromatic heterocycles. The van der Waals surface area contributed by atoms with Gasteiger partial charge in [0, 0.05) is 24.2 Å². The Labute approximate surface area is 184 Å². The maximum Gasteiger partial charge on any atom is 0.246 e. The number of nitrogens with one attached hydrogen (secondary N) is 1. The second kappa shape index (κ2) is 8.55.